The van der Waals surface area contributed by atoms with Gasteiger partial charge in [-0.2, -0.15) is 0 Å². The van der Waals surface area contributed by atoms with Gasteiger partial charge in [0.25, 0.3) is 0 Å². The number of anilines is 1. The maximum absolute atomic E-state index is 9.97. The Morgan fingerprint density at radius 2 is 2.00 bits per heavy atom. The molecule has 5 heteroatoms. The van der Waals surface area contributed by atoms with E-state index in [4.69, 9.17) is 16.1 Å². The lowest BCUT2D eigenvalue weighted by Gasteiger charge is -2.39. The normalized spacial score (nSPS) is 30.5. The van der Waals surface area contributed by atoms with Gasteiger partial charge in [-0.25, -0.2) is 4.98 Å². The molecule has 5 nitrogen and oxygen atoms in total. The van der Waals surface area contributed by atoms with Gasteiger partial charge in [-0.3, -0.25) is 5.41 Å². The fraction of sp³-hybridized carbons (Fsp3) is 0.625. The van der Waals surface area contributed by atoms with E-state index >= 15 is 0 Å². The monoisotopic (exact) mass is 286 g/mol. The number of rotatable bonds is 2. The van der Waals surface area contributed by atoms with E-state index in [-0.39, 0.29) is 11.9 Å². The summed E-state index contributed by atoms with van der Waals surface area (Å²) in [7, 11) is 0. The first-order valence-corrected chi connectivity index (χ1v) is 7.97. The fourth-order valence-electron chi connectivity index (χ4n) is 4.35. The van der Waals surface area contributed by atoms with Gasteiger partial charge in [-0.1, -0.05) is 0 Å². The number of aromatic nitrogens is 1. The van der Waals surface area contributed by atoms with Gasteiger partial charge in [-0.15, -0.1) is 0 Å². The molecule has 0 amide bonds. The molecule has 21 heavy (non-hydrogen) atoms. The number of nitrogens with one attached hydrogen (secondary N) is 1. The highest BCUT2D eigenvalue weighted by atomic mass is 16.3. The number of aryl methyl sites for hydroxylation is 2. The van der Waals surface area contributed by atoms with Gasteiger partial charge >= 0.3 is 0 Å². The van der Waals surface area contributed by atoms with Crippen LogP contribution in [0.4, 0.5) is 5.82 Å². The van der Waals surface area contributed by atoms with Crippen molar-refractivity contribution in [3.63, 3.8) is 0 Å². The van der Waals surface area contributed by atoms with Gasteiger partial charge < -0.3 is 15.7 Å². The number of pyridine rings is 1. The zero-order chi connectivity index (χ0) is 14.6. The van der Waals surface area contributed by atoms with E-state index in [0.717, 1.165) is 56.3 Å². The highest BCUT2D eigenvalue weighted by Crippen LogP contribution is 2.40. The van der Waals surface area contributed by atoms with Crippen LogP contribution in [0.3, 0.4) is 0 Å². The van der Waals surface area contributed by atoms with Crippen LogP contribution in [-0.2, 0) is 12.8 Å². The lowest BCUT2D eigenvalue weighted by Crippen LogP contribution is -2.46. The molecule has 1 aromatic rings. The minimum atomic E-state index is -0.186. The first-order chi connectivity index (χ1) is 10.1. The summed E-state index contributed by atoms with van der Waals surface area (Å²) < 4.78 is 0. The maximum Gasteiger partial charge on any atom is 0.140 e. The molecule has 0 saturated carbocycles. The number of piperidine rings is 1. The van der Waals surface area contributed by atoms with Crippen molar-refractivity contribution in [1.82, 2.24) is 4.98 Å². The number of aliphatic hydroxyl groups is 1. The maximum atomic E-state index is 9.97. The predicted octanol–water partition coefficient (Wildman–Crippen LogP) is 1.35. The second-order valence-corrected chi connectivity index (χ2v) is 6.65. The Hall–Kier alpha value is -1.62. The molecule has 2 fully saturated rings. The summed E-state index contributed by atoms with van der Waals surface area (Å²) in [6.45, 7) is 0. The summed E-state index contributed by atoms with van der Waals surface area (Å²) in [4.78, 5) is 7.24. The molecule has 0 radical (unpaired) electrons. The third-order valence-electron chi connectivity index (χ3n) is 5.27. The summed E-state index contributed by atoms with van der Waals surface area (Å²) in [5.41, 5.74) is 9.04. The summed E-state index contributed by atoms with van der Waals surface area (Å²) in [6.07, 6.45) is 6.89. The zero-order valence-corrected chi connectivity index (χ0v) is 12.2. The largest absolute Gasteiger partial charge is 0.393 e. The Bertz CT molecular complexity index is 586. The van der Waals surface area contributed by atoms with E-state index in [1.165, 1.54) is 11.3 Å². The number of amidine groups is 1. The second-order valence-electron chi connectivity index (χ2n) is 6.65. The van der Waals surface area contributed by atoms with Gasteiger partial charge in [0.15, 0.2) is 0 Å². The summed E-state index contributed by atoms with van der Waals surface area (Å²) >= 11 is 0. The summed E-state index contributed by atoms with van der Waals surface area (Å²) in [5.74, 6) is 1.00. The lowest BCUT2D eigenvalue weighted by molar-refractivity contribution is 0.126. The highest BCUT2D eigenvalue weighted by molar-refractivity contribution is 6.00. The quantitative estimate of drug-likeness (QED) is 0.566. The Labute approximate surface area is 124 Å². The molecule has 3 heterocycles. The van der Waals surface area contributed by atoms with Crippen LogP contribution in [0.15, 0.2) is 6.07 Å². The average molecular weight is 286 g/mol. The van der Waals surface area contributed by atoms with Gasteiger partial charge in [0.2, 0.25) is 0 Å². The van der Waals surface area contributed by atoms with Crippen LogP contribution < -0.4 is 10.6 Å². The van der Waals surface area contributed by atoms with Crippen LogP contribution >= 0.6 is 0 Å². The standard InChI is InChI=1S/C16H22N4O/c17-15(18)13-6-9-2-1-3-14(9)19-16(13)20-10-4-5-11(20)8-12(21)7-10/h6,10-12,21H,1-5,7-8H2,(H3,17,18). The van der Waals surface area contributed by atoms with Crippen molar-refractivity contribution in [2.24, 2.45) is 5.73 Å². The number of nitrogens with zero attached hydrogens (tertiary/aromatic N) is 2. The molecule has 3 aliphatic rings. The molecule has 2 bridgehead atoms. The van der Waals surface area contributed by atoms with Crippen molar-refractivity contribution in [3.8, 4) is 0 Å². The van der Waals surface area contributed by atoms with Crippen LogP contribution in [-0.4, -0.2) is 34.1 Å². The highest BCUT2D eigenvalue weighted by Gasteiger charge is 2.42. The van der Waals surface area contributed by atoms with Crippen molar-refractivity contribution in [2.45, 2.75) is 63.1 Å². The minimum absolute atomic E-state index is 0.109. The Balaban J connectivity index is 1.79. The Morgan fingerprint density at radius 1 is 1.29 bits per heavy atom. The van der Waals surface area contributed by atoms with Crippen molar-refractivity contribution in [2.75, 3.05) is 4.90 Å². The predicted molar refractivity (Wildman–Crippen MR) is 81.8 cm³/mol. The first-order valence-electron chi connectivity index (χ1n) is 7.97. The smallest absolute Gasteiger partial charge is 0.140 e. The molecule has 2 atom stereocenters. The topological polar surface area (TPSA) is 86.2 Å². The van der Waals surface area contributed by atoms with Gasteiger partial charge in [-0.05, 0) is 56.6 Å². The molecule has 4 N–H and O–H groups in total. The van der Waals surface area contributed by atoms with E-state index in [1.54, 1.807) is 0 Å². The molecule has 0 spiro atoms. The average Bonchev–Trinajstić information content (AvgIpc) is 2.99. The Kier molecular flexibility index (Phi) is 2.92. The van der Waals surface area contributed by atoms with E-state index < -0.39 is 0 Å². The summed E-state index contributed by atoms with van der Waals surface area (Å²) in [6, 6.07) is 2.78. The third-order valence-corrected chi connectivity index (χ3v) is 5.27. The van der Waals surface area contributed by atoms with Crippen molar-refractivity contribution in [3.05, 3.63) is 22.9 Å². The minimum Gasteiger partial charge on any atom is -0.393 e. The Morgan fingerprint density at radius 3 is 2.67 bits per heavy atom. The molecular weight excluding hydrogens is 264 g/mol. The summed E-state index contributed by atoms with van der Waals surface area (Å²) in [5, 5.41) is 17.9. The van der Waals surface area contributed by atoms with Gasteiger partial charge in [0.1, 0.15) is 11.7 Å². The number of nitrogens with two attached hydrogens (primary N) is 1. The molecular formula is C16H22N4O. The second kappa shape index (κ2) is 4.70. The van der Waals surface area contributed by atoms with Crippen LogP contribution in [0.2, 0.25) is 0 Å². The number of hydrogen-bond donors (Lipinski definition) is 3. The van der Waals surface area contributed by atoms with Crippen LogP contribution in [0.5, 0.6) is 0 Å². The SMILES string of the molecule is N=C(N)c1cc2c(nc1N1C3CCC1CC(O)C3)CCC2. The zero-order valence-electron chi connectivity index (χ0n) is 12.2. The van der Waals surface area contributed by atoms with E-state index in [9.17, 15) is 5.11 Å². The van der Waals surface area contributed by atoms with Gasteiger partial charge in [0.05, 0.1) is 11.7 Å². The number of nitrogen functional groups attached to an aromatic ring is 1. The lowest BCUT2D eigenvalue weighted by atomic mass is 9.98. The molecule has 0 aromatic carbocycles. The van der Waals surface area contributed by atoms with Crippen LogP contribution in [0.1, 0.15) is 48.9 Å². The van der Waals surface area contributed by atoms with E-state index in [0.29, 0.717) is 12.1 Å². The molecule has 1 aliphatic carbocycles. The van der Waals surface area contributed by atoms with E-state index in [2.05, 4.69) is 11.0 Å². The van der Waals surface area contributed by atoms with E-state index in [1.807, 2.05) is 0 Å². The van der Waals surface area contributed by atoms with Gasteiger partial charge in [0, 0.05) is 17.8 Å². The van der Waals surface area contributed by atoms with Crippen molar-refractivity contribution < 1.29 is 5.11 Å². The number of aliphatic hydroxyl groups excluding tert-OH is 1. The third kappa shape index (κ3) is 2.02. The molecule has 2 aliphatic heterocycles. The molecule has 112 valence electrons. The van der Waals surface area contributed by atoms with Crippen LogP contribution in [0.25, 0.3) is 0 Å². The molecule has 4 rings (SSSR count). The molecule has 2 saturated heterocycles. The number of fused-ring (bicyclic) bond motifs is 3. The van der Waals surface area contributed by atoms with Crippen LogP contribution in [0, 0.1) is 5.41 Å². The number of hydrogen-bond acceptors (Lipinski definition) is 4. The fourth-order valence-corrected chi connectivity index (χ4v) is 4.35. The first kappa shape index (κ1) is 13.1. The molecule has 2 unspecified atom stereocenters. The van der Waals surface area contributed by atoms with Crippen molar-refractivity contribution in [1.29, 1.82) is 5.41 Å². The molecule has 1 aromatic heterocycles. The van der Waals surface area contributed by atoms with Crippen molar-refractivity contribution >= 4 is 11.7 Å².